The molecule has 214 valence electrons. The molecule has 0 spiro atoms. The molecule has 3 aromatic heterocycles. The van der Waals surface area contributed by atoms with Gasteiger partial charge in [0.1, 0.15) is 5.69 Å². The van der Waals surface area contributed by atoms with E-state index in [-0.39, 0.29) is 34.3 Å². The van der Waals surface area contributed by atoms with E-state index in [1.165, 1.54) is 13.2 Å². The van der Waals surface area contributed by atoms with E-state index >= 15 is 0 Å². The largest absolute Gasteiger partial charge is 0.434 e. The summed E-state index contributed by atoms with van der Waals surface area (Å²) in [5.74, 6) is -1.13. The van der Waals surface area contributed by atoms with Crippen molar-refractivity contribution < 1.29 is 22.8 Å². The molecule has 0 atom stereocenters. The highest BCUT2D eigenvalue weighted by Crippen LogP contribution is 2.32. The van der Waals surface area contributed by atoms with Gasteiger partial charge >= 0.3 is 11.9 Å². The molecule has 5 rings (SSSR count). The zero-order valence-corrected chi connectivity index (χ0v) is 22.7. The first-order valence-corrected chi connectivity index (χ1v) is 13.4. The normalized spacial score (nSPS) is 17.4. The van der Waals surface area contributed by atoms with Gasteiger partial charge in [-0.25, -0.2) is 9.78 Å². The summed E-state index contributed by atoms with van der Waals surface area (Å²) >= 11 is 5.81. The van der Waals surface area contributed by atoms with Crippen molar-refractivity contribution in [3.05, 3.63) is 87.3 Å². The summed E-state index contributed by atoms with van der Waals surface area (Å²) in [6, 6.07) is 11.2. The molecule has 1 aliphatic rings. The highest BCUT2D eigenvalue weighted by Gasteiger charge is 2.38. The van der Waals surface area contributed by atoms with Crippen molar-refractivity contribution in [1.82, 2.24) is 29.7 Å². The molecule has 0 unspecified atom stereocenters. The highest BCUT2D eigenvalue weighted by atomic mass is 35.5. The van der Waals surface area contributed by atoms with E-state index in [0.717, 1.165) is 17.8 Å². The molecule has 9 nitrogen and oxygen atoms in total. The molecule has 41 heavy (non-hydrogen) atoms. The number of fused-ring (bicyclic) bond motifs is 1. The molecule has 1 saturated carbocycles. The number of hydrogen-bond donors (Lipinski definition) is 2. The monoisotopic (exact) mass is 586 g/mol. The molecule has 3 heterocycles. The van der Waals surface area contributed by atoms with Gasteiger partial charge in [-0.15, -0.1) is 0 Å². The van der Waals surface area contributed by atoms with Gasteiger partial charge in [0.2, 0.25) is 0 Å². The van der Waals surface area contributed by atoms with E-state index in [1.807, 2.05) is 24.3 Å². The van der Waals surface area contributed by atoms with Crippen LogP contribution in [0, 0.1) is 5.92 Å². The second kappa shape index (κ2) is 11.4. The Balaban J connectivity index is 1.32. The van der Waals surface area contributed by atoms with Gasteiger partial charge in [-0.05, 0) is 61.9 Å². The fourth-order valence-corrected chi connectivity index (χ4v) is 5.45. The molecule has 0 bridgehead atoms. The molecule has 13 heteroatoms. The number of carbonyl (C=O) groups excluding carboxylic acids is 2. The third-order valence-electron chi connectivity index (χ3n) is 7.29. The number of rotatable bonds is 6. The minimum atomic E-state index is -4.79. The summed E-state index contributed by atoms with van der Waals surface area (Å²) in [6.07, 6.45) is -0.0503. The Morgan fingerprint density at radius 2 is 1.73 bits per heavy atom. The van der Waals surface area contributed by atoms with Gasteiger partial charge in [0.25, 0.3) is 11.8 Å². The van der Waals surface area contributed by atoms with Gasteiger partial charge in [-0.1, -0.05) is 23.7 Å². The van der Waals surface area contributed by atoms with Gasteiger partial charge in [0.05, 0.1) is 27.3 Å². The molecule has 0 radical (unpaired) electrons. The Hall–Kier alpha value is -4.19. The van der Waals surface area contributed by atoms with Crippen LogP contribution in [0.4, 0.5) is 13.2 Å². The number of para-hydroxylation sites is 2. The zero-order valence-electron chi connectivity index (χ0n) is 21.9. The number of nitrogens with one attached hydrogen (secondary N) is 2. The fraction of sp³-hybridized carbons (Fsp3) is 0.321. The first kappa shape index (κ1) is 28.3. The smallest absolute Gasteiger partial charge is 0.354 e. The topological polar surface area (TPSA) is 111 Å². The molecular weight excluding hydrogens is 561 g/mol. The molecule has 1 fully saturated rings. The van der Waals surface area contributed by atoms with Gasteiger partial charge in [0.15, 0.2) is 5.69 Å². The summed E-state index contributed by atoms with van der Waals surface area (Å²) < 4.78 is 43.3. The number of hydrogen-bond acceptors (Lipinski definition) is 5. The summed E-state index contributed by atoms with van der Waals surface area (Å²) in [6.45, 7) is 0.427. The fourth-order valence-electron chi connectivity index (χ4n) is 5.29. The molecule has 1 aromatic carbocycles. The minimum absolute atomic E-state index is 0.0620. The third kappa shape index (κ3) is 5.83. The SMILES string of the molecule is CNC(=O)c1cc(-n2c(=O)n(CC3CCC(NC(=O)c4cc(Cl)cnc4C(F)(F)F)CC3)c3ccccc32)ccn1. The summed E-state index contributed by atoms with van der Waals surface area (Å²) in [4.78, 5) is 45.9. The number of imidazole rings is 1. The Kier molecular flexibility index (Phi) is 7.85. The van der Waals surface area contributed by atoms with Crippen LogP contribution >= 0.6 is 11.6 Å². The third-order valence-corrected chi connectivity index (χ3v) is 7.49. The van der Waals surface area contributed by atoms with E-state index < -0.39 is 23.3 Å². The van der Waals surface area contributed by atoms with E-state index in [0.29, 0.717) is 43.4 Å². The number of aromatic nitrogens is 4. The number of pyridine rings is 2. The van der Waals surface area contributed by atoms with Crippen LogP contribution in [0.2, 0.25) is 5.02 Å². The van der Waals surface area contributed by atoms with Crippen LogP contribution in [-0.2, 0) is 12.7 Å². The Bertz CT molecular complexity index is 1670. The zero-order chi connectivity index (χ0) is 29.3. The lowest BCUT2D eigenvalue weighted by Crippen LogP contribution is -2.39. The van der Waals surface area contributed by atoms with Gasteiger partial charge in [-0.2, -0.15) is 13.2 Å². The summed E-state index contributed by atoms with van der Waals surface area (Å²) in [5, 5.41) is 5.16. The number of nitrogens with zero attached hydrogens (tertiary/aromatic N) is 4. The van der Waals surface area contributed by atoms with Crippen LogP contribution < -0.4 is 16.3 Å². The number of amides is 2. The molecule has 2 amide bonds. The van der Waals surface area contributed by atoms with Crippen LogP contribution in [0.5, 0.6) is 0 Å². The second-order valence-corrected chi connectivity index (χ2v) is 10.4. The summed E-state index contributed by atoms with van der Waals surface area (Å²) in [7, 11) is 1.50. The van der Waals surface area contributed by atoms with Gasteiger partial charge in [-0.3, -0.25) is 23.7 Å². The number of alkyl halides is 3. The van der Waals surface area contributed by atoms with Crippen molar-refractivity contribution in [2.24, 2.45) is 5.92 Å². The molecule has 0 saturated heterocycles. The summed E-state index contributed by atoms with van der Waals surface area (Å²) in [5.41, 5.74) is -0.0299. The van der Waals surface area contributed by atoms with Crippen molar-refractivity contribution in [2.45, 2.75) is 44.4 Å². The van der Waals surface area contributed by atoms with Gasteiger partial charge in [0, 0.05) is 32.0 Å². The maximum Gasteiger partial charge on any atom is 0.434 e. The predicted molar refractivity (Wildman–Crippen MR) is 146 cm³/mol. The van der Waals surface area contributed by atoms with Crippen molar-refractivity contribution in [3.8, 4) is 5.69 Å². The Labute approximate surface area is 237 Å². The molecule has 2 N–H and O–H groups in total. The Morgan fingerprint density at radius 3 is 2.41 bits per heavy atom. The van der Waals surface area contributed by atoms with Crippen molar-refractivity contribution in [2.75, 3.05) is 7.05 Å². The second-order valence-electron chi connectivity index (χ2n) is 9.93. The van der Waals surface area contributed by atoms with Crippen LogP contribution in [0.1, 0.15) is 52.2 Å². The predicted octanol–water partition coefficient (Wildman–Crippen LogP) is 4.60. The Morgan fingerprint density at radius 1 is 1.02 bits per heavy atom. The standard InChI is InChI=1S/C28H26ClF3N6O3/c1-33-26(40)21-13-19(10-11-34-21)38-23-5-3-2-4-22(23)37(27(38)41)15-16-6-8-18(9-7-16)36-25(39)20-12-17(29)14-35-24(20)28(30,31)32/h2-5,10-14,16,18H,6-9,15H2,1H3,(H,33,40)(H,36,39). The van der Waals surface area contributed by atoms with Crippen LogP contribution in [0.3, 0.4) is 0 Å². The lowest BCUT2D eigenvalue weighted by atomic mass is 9.85. The lowest BCUT2D eigenvalue weighted by Gasteiger charge is -2.29. The highest BCUT2D eigenvalue weighted by molar-refractivity contribution is 6.30. The van der Waals surface area contributed by atoms with Crippen LogP contribution in [0.15, 0.2) is 59.7 Å². The molecule has 1 aliphatic carbocycles. The van der Waals surface area contributed by atoms with Crippen molar-refractivity contribution >= 4 is 34.4 Å². The number of benzene rings is 1. The average Bonchev–Trinajstić information content (AvgIpc) is 3.23. The maximum absolute atomic E-state index is 13.7. The lowest BCUT2D eigenvalue weighted by molar-refractivity contribution is -0.141. The number of halogens is 4. The van der Waals surface area contributed by atoms with Crippen molar-refractivity contribution in [3.63, 3.8) is 0 Å². The molecule has 0 aliphatic heterocycles. The van der Waals surface area contributed by atoms with E-state index in [4.69, 9.17) is 11.6 Å². The molecule has 4 aromatic rings. The molecular formula is C28H26ClF3N6O3. The van der Waals surface area contributed by atoms with Crippen LogP contribution in [-0.4, -0.2) is 44.0 Å². The quantitative estimate of drug-likeness (QED) is 0.343. The first-order valence-electron chi connectivity index (χ1n) is 13.0. The van der Waals surface area contributed by atoms with E-state index in [2.05, 4.69) is 20.6 Å². The van der Waals surface area contributed by atoms with E-state index in [1.54, 1.807) is 21.3 Å². The minimum Gasteiger partial charge on any atom is -0.354 e. The first-order chi connectivity index (χ1) is 19.6. The number of carbonyl (C=O) groups is 2. The maximum atomic E-state index is 13.7. The van der Waals surface area contributed by atoms with E-state index in [9.17, 15) is 27.6 Å². The van der Waals surface area contributed by atoms with Gasteiger partial charge < -0.3 is 10.6 Å². The van der Waals surface area contributed by atoms with Crippen molar-refractivity contribution in [1.29, 1.82) is 0 Å². The van der Waals surface area contributed by atoms with Crippen LogP contribution in [0.25, 0.3) is 16.7 Å². The average molecular weight is 587 g/mol.